The van der Waals surface area contributed by atoms with Crippen LogP contribution in [0.2, 0.25) is 0 Å². The highest BCUT2D eigenvalue weighted by atomic mass is 32.1. The van der Waals surface area contributed by atoms with E-state index in [-0.39, 0.29) is 24.7 Å². The number of rotatable bonds is 10. The fraction of sp³-hybridized carbons (Fsp3) is 0.219. The number of nitrogens with zero attached hydrogens (tertiary/aromatic N) is 5. The number of carbonyl (C=O) groups excluding carboxylic acids is 2. The molecule has 0 unspecified atom stereocenters. The van der Waals surface area contributed by atoms with Crippen molar-refractivity contribution in [3.05, 3.63) is 88.3 Å². The molecule has 0 bridgehead atoms. The fourth-order valence-corrected chi connectivity index (χ4v) is 5.78. The van der Waals surface area contributed by atoms with Gasteiger partial charge in [0.05, 0.1) is 18.0 Å². The molecule has 5 heterocycles. The lowest BCUT2D eigenvalue weighted by Crippen LogP contribution is -2.32. The Morgan fingerprint density at radius 1 is 0.787 bits per heavy atom. The number of alkyl carbamates (subject to hydrolysis) is 1. The molecule has 0 atom stereocenters. The molecular formula is C32H29N7O6S2. The summed E-state index contributed by atoms with van der Waals surface area (Å²) >= 11 is 2.77. The first-order valence-corrected chi connectivity index (χ1v) is 16.1. The Morgan fingerprint density at radius 3 is 2.00 bits per heavy atom. The van der Waals surface area contributed by atoms with Crippen molar-refractivity contribution < 1.29 is 28.3 Å². The second kappa shape index (κ2) is 13.6. The van der Waals surface area contributed by atoms with Gasteiger partial charge in [0.25, 0.3) is 5.91 Å². The number of hydrogen-bond donors (Lipinski definition) is 3. The number of oxazole rings is 2. The van der Waals surface area contributed by atoms with E-state index in [1.54, 1.807) is 26.2 Å². The summed E-state index contributed by atoms with van der Waals surface area (Å²) in [6.45, 7) is 5.75. The Morgan fingerprint density at radius 2 is 1.38 bits per heavy atom. The molecule has 0 spiro atoms. The highest BCUT2D eigenvalue weighted by Gasteiger charge is 2.19. The van der Waals surface area contributed by atoms with E-state index in [4.69, 9.17) is 18.6 Å². The van der Waals surface area contributed by atoms with Crippen molar-refractivity contribution in [3.8, 4) is 44.6 Å². The second-order valence-corrected chi connectivity index (χ2v) is 12.9. The number of aromatic nitrogens is 5. The maximum atomic E-state index is 12.8. The number of carbonyl (C=O) groups is 2. The molecule has 5 aromatic heterocycles. The van der Waals surface area contributed by atoms with Gasteiger partial charge in [-0.1, -0.05) is 30.3 Å². The maximum absolute atomic E-state index is 12.8. The van der Waals surface area contributed by atoms with Crippen molar-refractivity contribution in [1.82, 2.24) is 35.6 Å². The van der Waals surface area contributed by atoms with Gasteiger partial charge in [0.15, 0.2) is 5.69 Å². The van der Waals surface area contributed by atoms with E-state index in [0.717, 1.165) is 11.1 Å². The fourth-order valence-electron chi connectivity index (χ4n) is 4.26. The normalized spacial score (nSPS) is 11.4. The van der Waals surface area contributed by atoms with Gasteiger partial charge in [-0.25, -0.2) is 29.7 Å². The third-order valence-corrected chi connectivity index (χ3v) is 8.09. The zero-order valence-corrected chi connectivity index (χ0v) is 27.1. The lowest BCUT2D eigenvalue weighted by Gasteiger charge is -2.19. The summed E-state index contributed by atoms with van der Waals surface area (Å²) in [6, 6.07) is 13.1. The van der Waals surface area contributed by atoms with Gasteiger partial charge in [-0.3, -0.25) is 4.79 Å². The van der Waals surface area contributed by atoms with Crippen LogP contribution in [0.15, 0.2) is 74.6 Å². The lowest BCUT2D eigenvalue weighted by atomic mass is 10.1. The third-order valence-electron chi connectivity index (χ3n) is 6.36. The minimum absolute atomic E-state index is 0.120. The number of pyridine rings is 1. The predicted octanol–water partition coefficient (Wildman–Crippen LogP) is 6.09. The summed E-state index contributed by atoms with van der Waals surface area (Å²) in [5.41, 5.74) is 4.02. The molecule has 6 rings (SSSR count). The molecular weight excluding hydrogens is 643 g/mol. The summed E-state index contributed by atoms with van der Waals surface area (Å²) < 4.78 is 16.3. The molecule has 13 nitrogen and oxygen atoms in total. The maximum Gasteiger partial charge on any atom is 0.407 e. The van der Waals surface area contributed by atoms with E-state index in [2.05, 4.69) is 30.6 Å². The van der Waals surface area contributed by atoms with E-state index in [1.807, 2.05) is 47.8 Å². The molecule has 0 aliphatic carbocycles. The van der Waals surface area contributed by atoms with Crippen LogP contribution in [-0.2, 0) is 24.4 Å². The number of aliphatic hydroxyl groups is 1. The molecule has 0 fully saturated rings. The largest absolute Gasteiger partial charge is 0.444 e. The van der Waals surface area contributed by atoms with E-state index in [9.17, 15) is 14.7 Å². The number of benzene rings is 1. The Labute approximate surface area is 276 Å². The first-order chi connectivity index (χ1) is 22.6. The third kappa shape index (κ3) is 7.95. The number of thiazole rings is 2. The van der Waals surface area contributed by atoms with Crippen LogP contribution in [0.1, 0.15) is 48.1 Å². The van der Waals surface area contributed by atoms with Crippen LogP contribution in [0.5, 0.6) is 0 Å². The second-order valence-electron chi connectivity index (χ2n) is 11.2. The number of ether oxygens (including phenoxy) is 1. The van der Waals surface area contributed by atoms with Crippen molar-refractivity contribution in [3.63, 3.8) is 0 Å². The van der Waals surface area contributed by atoms with Crippen LogP contribution in [0.25, 0.3) is 44.6 Å². The van der Waals surface area contributed by atoms with Crippen molar-refractivity contribution in [2.45, 2.75) is 46.1 Å². The Balaban J connectivity index is 1.07. The Bertz CT molecular complexity index is 2020. The molecule has 0 saturated heterocycles. The predicted molar refractivity (Wildman–Crippen MR) is 174 cm³/mol. The number of aliphatic hydroxyl groups excluding tert-OH is 1. The summed E-state index contributed by atoms with van der Waals surface area (Å²) in [4.78, 5) is 47.3. The van der Waals surface area contributed by atoms with E-state index in [0.29, 0.717) is 50.9 Å². The zero-order valence-electron chi connectivity index (χ0n) is 25.5. The minimum Gasteiger partial charge on any atom is -0.444 e. The van der Waals surface area contributed by atoms with Gasteiger partial charge in [-0.15, -0.1) is 22.7 Å². The molecule has 0 aliphatic heterocycles. The van der Waals surface area contributed by atoms with Crippen LogP contribution < -0.4 is 10.6 Å². The average Bonchev–Trinajstić information content (AvgIpc) is 3.88. The SMILES string of the molecule is CC(C)(C)OC(=O)NCc1cccc(CNC(=O)c2coc(-c3csc(-c4cccc(-c5nc(-c6nc(CO)co6)cs5)n4)n3)n2)c1. The van der Waals surface area contributed by atoms with Crippen LogP contribution in [-0.4, -0.2) is 47.6 Å². The van der Waals surface area contributed by atoms with Crippen molar-refractivity contribution >= 4 is 34.7 Å². The number of nitrogens with one attached hydrogen (secondary N) is 2. The molecule has 3 N–H and O–H groups in total. The molecule has 0 radical (unpaired) electrons. The first-order valence-electron chi connectivity index (χ1n) is 14.4. The van der Waals surface area contributed by atoms with Gasteiger partial charge in [-0.2, -0.15) is 0 Å². The smallest absolute Gasteiger partial charge is 0.407 e. The summed E-state index contributed by atoms with van der Waals surface area (Å²) in [5, 5.41) is 19.7. The standard InChI is InChI=1S/C32H29N7O6S2/c1-32(2,3)45-31(42)34-12-19-7-4-6-18(10-19)11-33-26(41)23-15-44-28(37-23)25-17-47-30(39-25)22-9-5-8-21(36-22)29-38-24(16-46-29)27-35-20(13-40)14-43-27/h4-10,14-17,40H,11-13H2,1-3H3,(H,33,41)(H,34,42). The topological polar surface area (TPSA) is 178 Å². The Hall–Kier alpha value is -5.25. The molecule has 2 amide bonds. The van der Waals surface area contributed by atoms with Gasteiger partial charge >= 0.3 is 6.09 Å². The van der Waals surface area contributed by atoms with Gasteiger partial charge in [-0.05, 0) is 44.0 Å². The Kier molecular flexibility index (Phi) is 9.19. The van der Waals surface area contributed by atoms with Crippen LogP contribution in [0.3, 0.4) is 0 Å². The molecule has 0 aliphatic rings. The molecule has 15 heteroatoms. The minimum atomic E-state index is -0.580. The van der Waals surface area contributed by atoms with Crippen molar-refractivity contribution in [2.24, 2.45) is 0 Å². The van der Waals surface area contributed by atoms with E-state index in [1.165, 1.54) is 35.2 Å². The zero-order chi connectivity index (χ0) is 33.0. The van der Waals surface area contributed by atoms with Gasteiger partial charge in [0.2, 0.25) is 11.8 Å². The summed E-state index contributed by atoms with van der Waals surface area (Å²) in [6.07, 6.45) is 2.19. The van der Waals surface area contributed by atoms with Crippen molar-refractivity contribution in [1.29, 1.82) is 0 Å². The van der Waals surface area contributed by atoms with Crippen LogP contribution in [0.4, 0.5) is 4.79 Å². The summed E-state index contributed by atoms with van der Waals surface area (Å²) in [7, 11) is 0. The van der Waals surface area contributed by atoms with E-state index < -0.39 is 17.6 Å². The molecule has 1 aromatic carbocycles. The lowest BCUT2D eigenvalue weighted by molar-refractivity contribution is 0.0523. The molecule has 6 aromatic rings. The number of hydrogen-bond acceptors (Lipinski definition) is 13. The highest BCUT2D eigenvalue weighted by Crippen LogP contribution is 2.31. The first kappa shape index (κ1) is 31.7. The quantitative estimate of drug-likeness (QED) is 0.154. The van der Waals surface area contributed by atoms with E-state index >= 15 is 0 Å². The molecule has 0 saturated carbocycles. The summed E-state index contributed by atoms with van der Waals surface area (Å²) in [5.74, 6) is 0.138. The van der Waals surface area contributed by atoms with Gasteiger partial charge in [0.1, 0.15) is 45.2 Å². The van der Waals surface area contributed by atoms with Crippen LogP contribution in [0, 0.1) is 0 Å². The molecule has 240 valence electrons. The monoisotopic (exact) mass is 671 g/mol. The average molecular weight is 672 g/mol. The van der Waals surface area contributed by atoms with Gasteiger partial charge < -0.3 is 29.3 Å². The molecule has 47 heavy (non-hydrogen) atoms. The number of amides is 2. The highest BCUT2D eigenvalue weighted by molar-refractivity contribution is 7.13. The van der Waals surface area contributed by atoms with Gasteiger partial charge in [0, 0.05) is 23.8 Å². The van der Waals surface area contributed by atoms with Crippen molar-refractivity contribution in [2.75, 3.05) is 0 Å². The van der Waals surface area contributed by atoms with Crippen LogP contribution >= 0.6 is 22.7 Å².